The summed E-state index contributed by atoms with van der Waals surface area (Å²) in [5.74, 6) is 0.456. The van der Waals surface area contributed by atoms with E-state index < -0.39 is 10.0 Å². The van der Waals surface area contributed by atoms with Crippen LogP contribution < -0.4 is 10.5 Å². The Morgan fingerprint density at radius 3 is 2.52 bits per heavy atom. The summed E-state index contributed by atoms with van der Waals surface area (Å²) in [6.45, 7) is 4.23. The Labute approximate surface area is 128 Å². The standard InChI is InChI=1S/C16H26N2O2S/c1-12-10-14(11-17)8-9-16(12)21(19,20)18-13(2)15-6-4-3-5-7-15/h8-10,13,15,18H,3-7,11,17H2,1-2H3. The van der Waals surface area contributed by atoms with Crippen LogP contribution >= 0.6 is 0 Å². The lowest BCUT2D eigenvalue weighted by Gasteiger charge is -2.28. The molecular formula is C16H26N2O2S. The zero-order valence-electron chi connectivity index (χ0n) is 12.9. The third-order valence-corrected chi connectivity index (χ3v) is 6.18. The predicted molar refractivity (Wildman–Crippen MR) is 85.4 cm³/mol. The van der Waals surface area contributed by atoms with Gasteiger partial charge in [-0.2, -0.15) is 0 Å². The Morgan fingerprint density at radius 2 is 1.95 bits per heavy atom. The second-order valence-corrected chi connectivity index (χ2v) is 7.79. The summed E-state index contributed by atoms with van der Waals surface area (Å²) < 4.78 is 28.0. The minimum absolute atomic E-state index is 0.0103. The molecule has 0 bridgehead atoms. The van der Waals surface area contributed by atoms with Gasteiger partial charge in [0.1, 0.15) is 0 Å². The molecular weight excluding hydrogens is 284 g/mol. The molecule has 1 aliphatic carbocycles. The van der Waals surface area contributed by atoms with Gasteiger partial charge in [0.25, 0.3) is 0 Å². The average Bonchev–Trinajstić information content (AvgIpc) is 2.47. The van der Waals surface area contributed by atoms with Crippen molar-refractivity contribution in [3.63, 3.8) is 0 Å². The monoisotopic (exact) mass is 310 g/mol. The molecule has 1 fully saturated rings. The van der Waals surface area contributed by atoms with Crippen molar-refractivity contribution in [1.29, 1.82) is 0 Å². The Hall–Kier alpha value is -0.910. The smallest absolute Gasteiger partial charge is 0.241 e. The summed E-state index contributed by atoms with van der Waals surface area (Å²) in [7, 11) is -3.46. The molecule has 1 saturated carbocycles. The lowest BCUT2D eigenvalue weighted by Crippen LogP contribution is -2.39. The molecule has 1 unspecified atom stereocenters. The fraction of sp³-hybridized carbons (Fsp3) is 0.625. The van der Waals surface area contributed by atoms with E-state index in [2.05, 4.69) is 4.72 Å². The number of aryl methyl sites for hydroxylation is 1. The minimum atomic E-state index is -3.46. The minimum Gasteiger partial charge on any atom is -0.326 e. The van der Waals surface area contributed by atoms with Gasteiger partial charge in [0.2, 0.25) is 10.0 Å². The average molecular weight is 310 g/mol. The van der Waals surface area contributed by atoms with Gasteiger partial charge in [0, 0.05) is 12.6 Å². The number of sulfonamides is 1. The van der Waals surface area contributed by atoms with E-state index in [9.17, 15) is 8.42 Å². The highest BCUT2D eigenvalue weighted by molar-refractivity contribution is 7.89. The van der Waals surface area contributed by atoms with Gasteiger partial charge in [0.05, 0.1) is 4.90 Å². The van der Waals surface area contributed by atoms with E-state index in [-0.39, 0.29) is 6.04 Å². The Bertz CT molecular complexity index is 578. The van der Waals surface area contributed by atoms with Crippen LogP contribution in [0.2, 0.25) is 0 Å². The second-order valence-electron chi connectivity index (χ2n) is 6.11. The van der Waals surface area contributed by atoms with Crippen LogP contribution in [0.25, 0.3) is 0 Å². The Kier molecular flexibility index (Phi) is 5.41. The third kappa shape index (κ3) is 4.05. The van der Waals surface area contributed by atoms with Crippen molar-refractivity contribution in [3.8, 4) is 0 Å². The zero-order chi connectivity index (χ0) is 15.5. The van der Waals surface area contributed by atoms with Crippen LogP contribution in [0.3, 0.4) is 0 Å². The molecule has 1 aromatic carbocycles. The molecule has 0 spiro atoms. The summed E-state index contributed by atoms with van der Waals surface area (Å²) in [4.78, 5) is 0.363. The molecule has 0 heterocycles. The van der Waals surface area contributed by atoms with Crippen LogP contribution in [0.1, 0.15) is 50.2 Å². The topological polar surface area (TPSA) is 72.2 Å². The molecule has 0 radical (unpaired) electrons. The van der Waals surface area contributed by atoms with Crippen LogP contribution in [0.15, 0.2) is 23.1 Å². The maximum absolute atomic E-state index is 12.6. The van der Waals surface area contributed by atoms with Gasteiger partial charge >= 0.3 is 0 Å². The van der Waals surface area contributed by atoms with Crippen molar-refractivity contribution >= 4 is 10.0 Å². The molecule has 0 aliphatic heterocycles. The van der Waals surface area contributed by atoms with Gasteiger partial charge in [-0.05, 0) is 49.8 Å². The lowest BCUT2D eigenvalue weighted by molar-refractivity contribution is 0.303. The first-order chi connectivity index (χ1) is 9.94. The predicted octanol–water partition coefficient (Wildman–Crippen LogP) is 2.70. The summed E-state index contributed by atoms with van der Waals surface area (Å²) >= 11 is 0. The largest absolute Gasteiger partial charge is 0.326 e. The molecule has 118 valence electrons. The Morgan fingerprint density at radius 1 is 1.29 bits per heavy atom. The molecule has 0 saturated heterocycles. The molecule has 1 atom stereocenters. The molecule has 5 heteroatoms. The maximum atomic E-state index is 12.6. The van der Waals surface area contributed by atoms with Crippen molar-refractivity contribution in [2.24, 2.45) is 11.7 Å². The van der Waals surface area contributed by atoms with Crippen molar-refractivity contribution in [3.05, 3.63) is 29.3 Å². The molecule has 4 nitrogen and oxygen atoms in total. The van der Waals surface area contributed by atoms with Gasteiger partial charge in [0.15, 0.2) is 0 Å². The number of nitrogens with two attached hydrogens (primary N) is 1. The molecule has 0 amide bonds. The first kappa shape index (κ1) is 16.5. The van der Waals surface area contributed by atoms with Gasteiger partial charge in [-0.15, -0.1) is 0 Å². The van der Waals surface area contributed by atoms with Crippen LogP contribution in [-0.4, -0.2) is 14.5 Å². The molecule has 21 heavy (non-hydrogen) atoms. The summed E-state index contributed by atoms with van der Waals surface area (Å²) in [5.41, 5.74) is 7.29. The second kappa shape index (κ2) is 6.90. The van der Waals surface area contributed by atoms with Crippen LogP contribution in [0.5, 0.6) is 0 Å². The van der Waals surface area contributed by atoms with Crippen molar-refractivity contribution in [1.82, 2.24) is 4.72 Å². The number of hydrogen-bond donors (Lipinski definition) is 2. The number of benzene rings is 1. The van der Waals surface area contributed by atoms with E-state index in [1.165, 1.54) is 19.3 Å². The first-order valence-electron chi connectivity index (χ1n) is 7.76. The summed E-state index contributed by atoms with van der Waals surface area (Å²) in [5, 5.41) is 0. The van der Waals surface area contributed by atoms with E-state index in [1.54, 1.807) is 12.1 Å². The fourth-order valence-corrected chi connectivity index (χ4v) is 4.72. The highest BCUT2D eigenvalue weighted by atomic mass is 32.2. The van der Waals surface area contributed by atoms with E-state index >= 15 is 0 Å². The van der Waals surface area contributed by atoms with Gasteiger partial charge in [-0.3, -0.25) is 0 Å². The van der Waals surface area contributed by atoms with E-state index in [1.807, 2.05) is 19.9 Å². The van der Waals surface area contributed by atoms with Crippen molar-refractivity contribution in [2.75, 3.05) is 0 Å². The summed E-state index contributed by atoms with van der Waals surface area (Å²) in [6, 6.07) is 5.28. The quantitative estimate of drug-likeness (QED) is 0.878. The van der Waals surface area contributed by atoms with E-state index in [0.29, 0.717) is 17.4 Å². The number of hydrogen-bond acceptors (Lipinski definition) is 3. The van der Waals surface area contributed by atoms with Gasteiger partial charge < -0.3 is 5.73 Å². The van der Waals surface area contributed by atoms with E-state index in [0.717, 1.165) is 24.0 Å². The van der Waals surface area contributed by atoms with Crippen LogP contribution in [0.4, 0.5) is 0 Å². The zero-order valence-corrected chi connectivity index (χ0v) is 13.7. The van der Waals surface area contributed by atoms with Crippen LogP contribution in [0, 0.1) is 12.8 Å². The molecule has 1 aliphatic rings. The SMILES string of the molecule is Cc1cc(CN)ccc1S(=O)(=O)NC(C)C1CCCCC1. The normalized spacial score (nSPS) is 18.6. The lowest BCUT2D eigenvalue weighted by atomic mass is 9.85. The highest BCUT2D eigenvalue weighted by Gasteiger charge is 2.25. The highest BCUT2D eigenvalue weighted by Crippen LogP contribution is 2.27. The van der Waals surface area contributed by atoms with Crippen LogP contribution in [-0.2, 0) is 16.6 Å². The number of nitrogens with one attached hydrogen (secondary N) is 1. The van der Waals surface area contributed by atoms with Crippen molar-refractivity contribution in [2.45, 2.75) is 63.4 Å². The molecule has 0 aromatic heterocycles. The molecule has 1 aromatic rings. The maximum Gasteiger partial charge on any atom is 0.241 e. The molecule has 3 N–H and O–H groups in total. The van der Waals surface area contributed by atoms with Gasteiger partial charge in [-0.25, -0.2) is 13.1 Å². The van der Waals surface area contributed by atoms with E-state index in [4.69, 9.17) is 5.73 Å². The fourth-order valence-electron chi connectivity index (χ4n) is 3.18. The molecule has 2 rings (SSSR count). The Balaban J connectivity index is 2.14. The van der Waals surface area contributed by atoms with Gasteiger partial charge in [-0.1, -0.05) is 31.4 Å². The number of rotatable bonds is 5. The van der Waals surface area contributed by atoms with Crippen molar-refractivity contribution < 1.29 is 8.42 Å². The first-order valence-corrected chi connectivity index (χ1v) is 9.24. The summed E-state index contributed by atoms with van der Waals surface area (Å²) in [6.07, 6.45) is 5.93. The third-order valence-electron chi connectivity index (χ3n) is 4.46.